The molecule has 1 aliphatic rings. The van der Waals surface area contributed by atoms with Gasteiger partial charge in [0.2, 0.25) is 5.95 Å². The predicted octanol–water partition coefficient (Wildman–Crippen LogP) is 3.58. The van der Waals surface area contributed by atoms with Crippen LogP contribution in [0.15, 0.2) is 54.0 Å². The van der Waals surface area contributed by atoms with Crippen molar-refractivity contribution in [1.82, 2.24) is 14.8 Å². The first-order chi connectivity index (χ1) is 12.2. The molecule has 25 heavy (non-hydrogen) atoms. The Bertz CT molecular complexity index is 793. The molecule has 0 radical (unpaired) electrons. The molecule has 1 N–H and O–H groups in total. The summed E-state index contributed by atoms with van der Waals surface area (Å²) in [6.45, 7) is 4.22. The third-order valence-corrected chi connectivity index (χ3v) is 3.99. The summed E-state index contributed by atoms with van der Waals surface area (Å²) in [5.41, 5.74) is 2.50. The van der Waals surface area contributed by atoms with Gasteiger partial charge in [-0.25, -0.2) is 9.48 Å². The second-order valence-electron chi connectivity index (χ2n) is 5.73. The lowest BCUT2D eigenvalue weighted by molar-refractivity contribution is -0.139. The Kier molecular flexibility index (Phi) is 5.28. The number of fused-ring (bicyclic) bond motifs is 1. The Hall–Kier alpha value is -2.89. The molecular weight excluding hydrogens is 316 g/mol. The number of allylic oxidation sites excluding steroid dienone is 2. The largest absolute Gasteiger partial charge is 0.463 e. The van der Waals surface area contributed by atoms with Crippen molar-refractivity contribution in [2.24, 2.45) is 0 Å². The van der Waals surface area contributed by atoms with E-state index in [0.717, 1.165) is 24.1 Å². The van der Waals surface area contributed by atoms with Gasteiger partial charge in [-0.3, -0.25) is 0 Å². The van der Waals surface area contributed by atoms with Gasteiger partial charge in [-0.2, -0.15) is 10.1 Å². The number of hydrogen-bond donors (Lipinski definition) is 1. The fraction of sp³-hybridized carbons (Fsp3) is 0.316. The second-order valence-corrected chi connectivity index (χ2v) is 5.73. The van der Waals surface area contributed by atoms with E-state index < -0.39 is 0 Å². The minimum atomic E-state index is -0.348. The molecule has 0 spiro atoms. The number of anilines is 1. The maximum atomic E-state index is 12.6. The van der Waals surface area contributed by atoms with Gasteiger partial charge in [0, 0.05) is 5.70 Å². The lowest BCUT2D eigenvalue weighted by Gasteiger charge is -2.27. The molecule has 130 valence electrons. The summed E-state index contributed by atoms with van der Waals surface area (Å²) in [4.78, 5) is 16.9. The molecule has 1 aliphatic heterocycles. The van der Waals surface area contributed by atoms with Gasteiger partial charge in [-0.15, -0.1) is 0 Å². The van der Waals surface area contributed by atoms with E-state index in [1.54, 1.807) is 4.68 Å². The molecular formula is C19H22N4O2. The zero-order chi connectivity index (χ0) is 17.6. The zero-order valence-electron chi connectivity index (χ0n) is 14.5. The Labute approximate surface area is 147 Å². The normalized spacial score (nSPS) is 16.6. The van der Waals surface area contributed by atoms with E-state index in [1.807, 2.05) is 49.4 Å². The maximum Gasteiger partial charge on any atom is 0.338 e. The molecule has 0 aliphatic carbocycles. The number of ether oxygens (including phenoxy) is 1. The number of nitrogens with one attached hydrogen (secondary N) is 1. The lowest BCUT2D eigenvalue weighted by atomic mass is 9.99. The van der Waals surface area contributed by atoms with Crippen molar-refractivity contribution in [3.05, 3.63) is 59.6 Å². The van der Waals surface area contributed by atoms with Crippen LogP contribution in [0.5, 0.6) is 0 Å². The molecule has 0 bridgehead atoms. The topological polar surface area (TPSA) is 69.0 Å². The number of aromatic nitrogens is 3. The summed E-state index contributed by atoms with van der Waals surface area (Å²) >= 11 is 0. The number of esters is 1. The first-order valence-electron chi connectivity index (χ1n) is 8.54. The predicted molar refractivity (Wildman–Crippen MR) is 96.7 cm³/mol. The average Bonchev–Trinajstić information content (AvgIpc) is 3.09. The van der Waals surface area contributed by atoms with Gasteiger partial charge in [0.15, 0.2) is 0 Å². The van der Waals surface area contributed by atoms with Gasteiger partial charge in [-0.1, -0.05) is 55.8 Å². The third-order valence-electron chi connectivity index (χ3n) is 3.99. The SMILES string of the molecule is CCCC1=C(C(=O)OCC)[C@H](/C=C/c2ccccc2)n2ncnc2N1. The number of rotatable bonds is 6. The van der Waals surface area contributed by atoms with Crippen molar-refractivity contribution in [1.29, 1.82) is 0 Å². The van der Waals surface area contributed by atoms with Crippen LogP contribution in [0.4, 0.5) is 5.95 Å². The van der Waals surface area contributed by atoms with Gasteiger partial charge in [-0.05, 0) is 18.9 Å². The van der Waals surface area contributed by atoms with Crippen molar-refractivity contribution in [2.75, 3.05) is 11.9 Å². The van der Waals surface area contributed by atoms with Crippen LogP contribution in [0.1, 0.15) is 38.3 Å². The minimum Gasteiger partial charge on any atom is -0.463 e. The van der Waals surface area contributed by atoms with E-state index in [0.29, 0.717) is 18.1 Å². The highest BCUT2D eigenvalue weighted by molar-refractivity contribution is 5.92. The number of nitrogens with zero attached hydrogens (tertiary/aromatic N) is 3. The maximum absolute atomic E-state index is 12.6. The summed E-state index contributed by atoms with van der Waals surface area (Å²) in [6.07, 6.45) is 7.11. The smallest absolute Gasteiger partial charge is 0.338 e. The molecule has 0 unspecified atom stereocenters. The van der Waals surface area contributed by atoms with E-state index in [-0.39, 0.29) is 12.0 Å². The first kappa shape index (κ1) is 17.0. The second kappa shape index (κ2) is 7.79. The van der Waals surface area contributed by atoms with E-state index in [9.17, 15) is 4.79 Å². The van der Waals surface area contributed by atoms with Crippen molar-refractivity contribution >= 4 is 18.0 Å². The molecule has 0 saturated heterocycles. The number of hydrogen-bond acceptors (Lipinski definition) is 5. The standard InChI is InChI=1S/C19H22N4O2/c1-3-8-15-17(18(24)25-4-2)16(23-19(22-15)20-13-21-23)12-11-14-9-6-5-7-10-14/h5-7,9-13,16H,3-4,8H2,1-2H3,(H,20,21,22)/b12-11+/t16-/m0/s1. The van der Waals surface area contributed by atoms with Crippen LogP contribution in [0.2, 0.25) is 0 Å². The molecule has 0 amide bonds. The van der Waals surface area contributed by atoms with Crippen LogP contribution in [0.3, 0.4) is 0 Å². The molecule has 1 aromatic carbocycles. The van der Waals surface area contributed by atoms with Gasteiger partial charge in [0.25, 0.3) is 0 Å². The molecule has 2 aromatic rings. The third kappa shape index (κ3) is 3.63. The van der Waals surface area contributed by atoms with Crippen LogP contribution < -0.4 is 5.32 Å². The Balaban J connectivity index is 2.03. The van der Waals surface area contributed by atoms with Crippen molar-refractivity contribution < 1.29 is 9.53 Å². The van der Waals surface area contributed by atoms with Crippen LogP contribution in [-0.4, -0.2) is 27.3 Å². The van der Waals surface area contributed by atoms with Crippen LogP contribution >= 0.6 is 0 Å². The minimum absolute atomic E-state index is 0.317. The monoisotopic (exact) mass is 338 g/mol. The van der Waals surface area contributed by atoms with Gasteiger partial charge in [0.05, 0.1) is 12.2 Å². The van der Waals surface area contributed by atoms with E-state index in [2.05, 4.69) is 22.3 Å². The van der Waals surface area contributed by atoms with Gasteiger partial charge >= 0.3 is 5.97 Å². The van der Waals surface area contributed by atoms with E-state index >= 15 is 0 Å². The van der Waals surface area contributed by atoms with E-state index in [4.69, 9.17) is 4.74 Å². The lowest BCUT2D eigenvalue weighted by Crippen LogP contribution is -2.28. The highest BCUT2D eigenvalue weighted by Gasteiger charge is 2.32. The van der Waals surface area contributed by atoms with Crippen LogP contribution in [0, 0.1) is 0 Å². The van der Waals surface area contributed by atoms with Gasteiger partial charge in [0.1, 0.15) is 12.4 Å². The molecule has 6 nitrogen and oxygen atoms in total. The molecule has 1 atom stereocenters. The summed E-state index contributed by atoms with van der Waals surface area (Å²) in [6, 6.07) is 9.61. The Morgan fingerprint density at radius 2 is 2.12 bits per heavy atom. The first-order valence-corrected chi connectivity index (χ1v) is 8.54. The van der Waals surface area contributed by atoms with Crippen LogP contribution in [0.25, 0.3) is 6.08 Å². The van der Waals surface area contributed by atoms with E-state index in [1.165, 1.54) is 6.33 Å². The van der Waals surface area contributed by atoms with Crippen LogP contribution in [-0.2, 0) is 9.53 Å². The van der Waals surface area contributed by atoms with Crippen molar-refractivity contribution in [2.45, 2.75) is 32.7 Å². The number of carbonyl (C=O) groups is 1. The van der Waals surface area contributed by atoms with Crippen molar-refractivity contribution in [3.8, 4) is 0 Å². The summed E-state index contributed by atoms with van der Waals surface area (Å²) < 4.78 is 7.01. The Morgan fingerprint density at radius 3 is 2.84 bits per heavy atom. The molecule has 0 saturated carbocycles. The van der Waals surface area contributed by atoms with Gasteiger partial charge < -0.3 is 10.1 Å². The fourth-order valence-electron chi connectivity index (χ4n) is 2.89. The number of benzene rings is 1. The quantitative estimate of drug-likeness (QED) is 0.815. The molecule has 6 heteroatoms. The molecule has 2 heterocycles. The highest BCUT2D eigenvalue weighted by atomic mass is 16.5. The number of carbonyl (C=O) groups excluding carboxylic acids is 1. The average molecular weight is 338 g/mol. The summed E-state index contributed by atoms with van der Waals surface area (Å²) in [5, 5.41) is 7.52. The molecule has 1 aromatic heterocycles. The fourth-order valence-corrected chi connectivity index (χ4v) is 2.89. The molecule has 3 rings (SSSR count). The summed E-state index contributed by atoms with van der Waals surface area (Å²) in [7, 11) is 0. The summed E-state index contributed by atoms with van der Waals surface area (Å²) in [5.74, 6) is 0.321. The van der Waals surface area contributed by atoms with Crippen molar-refractivity contribution in [3.63, 3.8) is 0 Å². The molecule has 0 fully saturated rings. The zero-order valence-corrected chi connectivity index (χ0v) is 14.5. The Morgan fingerprint density at radius 1 is 1.32 bits per heavy atom. The highest BCUT2D eigenvalue weighted by Crippen LogP contribution is 2.33.